The average Bonchev–Trinajstić information content (AvgIpc) is 2.42. The van der Waals surface area contributed by atoms with E-state index in [0.29, 0.717) is 13.1 Å². The highest BCUT2D eigenvalue weighted by molar-refractivity contribution is 5.85. The predicted molar refractivity (Wildman–Crippen MR) is 87.3 cm³/mol. The zero-order valence-electron chi connectivity index (χ0n) is 12.3. The van der Waals surface area contributed by atoms with E-state index >= 15 is 0 Å². The van der Waals surface area contributed by atoms with Crippen molar-refractivity contribution in [1.82, 2.24) is 9.88 Å². The third-order valence-corrected chi connectivity index (χ3v) is 3.71. The predicted octanol–water partition coefficient (Wildman–Crippen LogP) is 2.65. The maximum Gasteiger partial charge on any atom is 0.230 e. The van der Waals surface area contributed by atoms with Gasteiger partial charge in [-0.3, -0.25) is 9.78 Å². The number of amides is 1. The standard InChI is InChI=1S/C14H23N3O.2ClH/c1-4-14(5-2,11-15)13(18)17(3)10-12-6-8-16-9-7-12;;/h6-9H,4-5,10-11,15H2,1-3H3;2*1H. The van der Waals surface area contributed by atoms with Gasteiger partial charge in [-0.1, -0.05) is 13.8 Å². The van der Waals surface area contributed by atoms with Crippen LogP contribution in [-0.2, 0) is 11.3 Å². The van der Waals surface area contributed by atoms with Crippen LogP contribution < -0.4 is 5.73 Å². The summed E-state index contributed by atoms with van der Waals surface area (Å²) in [7, 11) is 1.83. The molecule has 4 nitrogen and oxygen atoms in total. The number of hydrogen-bond donors (Lipinski definition) is 1. The van der Waals surface area contributed by atoms with Gasteiger partial charge < -0.3 is 10.6 Å². The van der Waals surface area contributed by atoms with E-state index in [1.54, 1.807) is 17.3 Å². The number of nitrogens with two attached hydrogens (primary N) is 1. The molecule has 0 saturated carbocycles. The second kappa shape index (κ2) is 9.97. The number of carbonyl (C=O) groups is 1. The zero-order valence-corrected chi connectivity index (χ0v) is 14.0. The monoisotopic (exact) mass is 321 g/mol. The molecule has 1 aromatic heterocycles. The van der Waals surface area contributed by atoms with Gasteiger partial charge in [0.2, 0.25) is 5.91 Å². The van der Waals surface area contributed by atoms with Gasteiger partial charge >= 0.3 is 0 Å². The molecule has 0 saturated heterocycles. The molecule has 116 valence electrons. The third kappa shape index (κ3) is 4.93. The fourth-order valence-corrected chi connectivity index (χ4v) is 2.17. The van der Waals surface area contributed by atoms with E-state index in [1.807, 2.05) is 33.0 Å². The fraction of sp³-hybridized carbons (Fsp3) is 0.571. The Labute approximate surface area is 134 Å². The first-order chi connectivity index (χ1) is 8.59. The summed E-state index contributed by atoms with van der Waals surface area (Å²) < 4.78 is 0. The Bertz CT molecular complexity index is 375. The molecule has 6 heteroatoms. The summed E-state index contributed by atoms with van der Waals surface area (Å²) in [6.07, 6.45) is 5.03. The topological polar surface area (TPSA) is 59.2 Å². The molecular formula is C14H25Cl2N3O. The van der Waals surface area contributed by atoms with E-state index in [2.05, 4.69) is 4.98 Å². The Kier molecular flexibility index (Phi) is 10.7. The van der Waals surface area contributed by atoms with E-state index in [9.17, 15) is 4.79 Å². The lowest BCUT2D eigenvalue weighted by Crippen LogP contribution is -2.45. The Hall–Kier alpha value is -0.840. The molecule has 1 amide bonds. The van der Waals surface area contributed by atoms with Gasteiger partial charge in [-0.2, -0.15) is 0 Å². The third-order valence-electron chi connectivity index (χ3n) is 3.71. The largest absolute Gasteiger partial charge is 0.341 e. The molecular weight excluding hydrogens is 297 g/mol. The Balaban J connectivity index is 0. The molecule has 2 N–H and O–H groups in total. The van der Waals surface area contributed by atoms with Gasteiger partial charge in [0.1, 0.15) is 0 Å². The van der Waals surface area contributed by atoms with Crippen molar-refractivity contribution in [2.75, 3.05) is 13.6 Å². The van der Waals surface area contributed by atoms with Crippen molar-refractivity contribution in [2.45, 2.75) is 33.2 Å². The number of carbonyl (C=O) groups excluding carboxylic acids is 1. The van der Waals surface area contributed by atoms with Crippen LogP contribution in [0.15, 0.2) is 24.5 Å². The molecule has 1 rings (SSSR count). The minimum absolute atomic E-state index is 0. The van der Waals surface area contributed by atoms with Gasteiger partial charge in [0.15, 0.2) is 0 Å². The summed E-state index contributed by atoms with van der Waals surface area (Å²) >= 11 is 0. The average molecular weight is 322 g/mol. The summed E-state index contributed by atoms with van der Waals surface area (Å²) in [6, 6.07) is 3.84. The smallest absolute Gasteiger partial charge is 0.230 e. The van der Waals surface area contributed by atoms with Crippen molar-refractivity contribution in [2.24, 2.45) is 11.1 Å². The van der Waals surface area contributed by atoms with Gasteiger partial charge in [0.25, 0.3) is 0 Å². The number of nitrogens with zero attached hydrogens (tertiary/aromatic N) is 2. The van der Waals surface area contributed by atoms with E-state index < -0.39 is 5.41 Å². The first-order valence-electron chi connectivity index (χ1n) is 6.44. The highest BCUT2D eigenvalue weighted by atomic mass is 35.5. The van der Waals surface area contributed by atoms with Gasteiger partial charge in [-0.25, -0.2) is 0 Å². The Morgan fingerprint density at radius 1 is 1.25 bits per heavy atom. The van der Waals surface area contributed by atoms with Crippen molar-refractivity contribution >= 4 is 30.7 Å². The van der Waals surface area contributed by atoms with Gasteiger partial charge in [-0.05, 0) is 30.5 Å². The molecule has 20 heavy (non-hydrogen) atoms. The Morgan fingerprint density at radius 2 is 1.75 bits per heavy atom. The number of aromatic nitrogens is 1. The summed E-state index contributed by atoms with van der Waals surface area (Å²) in [4.78, 5) is 18.2. The van der Waals surface area contributed by atoms with Crippen LogP contribution in [0.2, 0.25) is 0 Å². The van der Waals surface area contributed by atoms with Crippen LogP contribution >= 0.6 is 24.8 Å². The molecule has 0 aliphatic rings. The highest BCUT2D eigenvalue weighted by Crippen LogP contribution is 2.27. The maximum absolute atomic E-state index is 12.5. The first-order valence-corrected chi connectivity index (χ1v) is 6.44. The summed E-state index contributed by atoms with van der Waals surface area (Å²) in [6.45, 7) is 5.05. The lowest BCUT2D eigenvalue weighted by atomic mass is 9.81. The molecule has 0 bridgehead atoms. The maximum atomic E-state index is 12.5. The molecule has 0 radical (unpaired) electrons. The van der Waals surface area contributed by atoms with Crippen molar-refractivity contribution in [1.29, 1.82) is 0 Å². The van der Waals surface area contributed by atoms with Crippen LogP contribution in [0.4, 0.5) is 0 Å². The van der Waals surface area contributed by atoms with Crippen LogP contribution in [0.25, 0.3) is 0 Å². The molecule has 0 aliphatic heterocycles. The number of rotatable bonds is 6. The minimum Gasteiger partial charge on any atom is -0.341 e. The van der Waals surface area contributed by atoms with Crippen molar-refractivity contribution in [3.63, 3.8) is 0 Å². The summed E-state index contributed by atoms with van der Waals surface area (Å²) in [5.74, 6) is 0.131. The van der Waals surface area contributed by atoms with E-state index in [1.165, 1.54) is 0 Å². The Morgan fingerprint density at radius 3 is 2.15 bits per heavy atom. The fourth-order valence-electron chi connectivity index (χ4n) is 2.17. The van der Waals surface area contributed by atoms with E-state index in [-0.39, 0.29) is 30.7 Å². The lowest BCUT2D eigenvalue weighted by molar-refractivity contribution is -0.141. The molecule has 0 atom stereocenters. The second-order valence-electron chi connectivity index (χ2n) is 4.71. The minimum atomic E-state index is -0.415. The SMILES string of the molecule is CCC(CC)(CN)C(=O)N(C)Cc1ccncc1.Cl.Cl. The van der Waals surface area contributed by atoms with E-state index in [4.69, 9.17) is 5.73 Å². The molecule has 0 spiro atoms. The number of pyridine rings is 1. The molecule has 0 fully saturated rings. The van der Waals surface area contributed by atoms with Crippen LogP contribution in [0.3, 0.4) is 0 Å². The lowest BCUT2D eigenvalue weighted by Gasteiger charge is -2.33. The molecule has 0 unspecified atom stereocenters. The normalized spacial score (nSPS) is 10.2. The van der Waals surface area contributed by atoms with Crippen molar-refractivity contribution < 1.29 is 4.79 Å². The zero-order chi connectivity index (χ0) is 13.6. The van der Waals surface area contributed by atoms with Crippen LogP contribution in [0.1, 0.15) is 32.3 Å². The molecule has 1 heterocycles. The van der Waals surface area contributed by atoms with Gasteiger partial charge in [-0.15, -0.1) is 24.8 Å². The molecule has 1 aromatic rings. The molecule has 0 aromatic carbocycles. The highest BCUT2D eigenvalue weighted by Gasteiger charge is 2.35. The molecule has 0 aliphatic carbocycles. The van der Waals surface area contributed by atoms with Crippen molar-refractivity contribution in [3.05, 3.63) is 30.1 Å². The summed E-state index contributed by atoms with van der Waals surface area (Å²) in [5.41, 5.74) is 6.47. The van der Waals surface area contributed by atoms with Crippen LogP contribution in [0, 0.1) is 5.41 Å². The van der Waals surface area contributed by atoms with Crippen LogP contribution in [0.5, 0.6) is 0 Å². The first kappa shape index (κ1) is 21.5. The van der Waals surface area contributed by atoms with Crippen molar-refractivity contribution in [3.8, 4) is 0 Å². The van der Waals surface area contributed by atoms with Gasteiger partial charge in [0.05, 0.1) is 5.41 Å². The van der Waals surface area contributed by atoms with Crippen LogP contribution in [-0.4, -0.2) is 29.4 Å². The second-order valence-corrected chi connectivity index (χ2v) is 4.71. The van der Waals surface area contributed by atoms with E-state index in [0.717, 1.165) is 18.4 Å². The van der Waals surface area contributed by atoms with Gasteiger partial charge in [0, 0.05) is 32.5 Å². The quantitative estimate of drug-likeness (QED) is 0.876. The summed E-state index contributed by atoms with van der Waals surface area (Å²) in [5, 5.41) is 0. The number of halogens is 2. The number of hydrogen-bond acceptors (Lipinski definition) is 3.